The molecule has 0 aromatic rings. The maximum Gasteiger partial charge on any atom is 0.0151 e. The molecule has 0 aromatic heterocycles. The second kappa shape index (κ2) is 4.61. The summed E-state index contributed by atoms with van der Waals surface area (Å²) in [6, 6.07) is 0. The number of nitrogens with one attached hydrogen (secondary N) is 1. The second-order valence-corrected chi connectivity index (χ2v) is 8.00. The average molecular weight is 203 g/mol. The molecular weight excluding hydrogens is 178 g/mol. The van der Waals surface area contributed by atoms with Gasteiger partial charge in [-0.1, -0.05) is 47.4 Å². The predicted octanol–water partition coefficient (Wildman–Crippen LogP) is 3.43. The summed E-state index contributed by atoms with van der Waals surface area (Å²) >= 11 is 0. The van der Waals surface area contributed by atoms with Crippen LogP contribution in [-0.2, 0) is 0 Å². The molecule has 0 saturated carbocycles. The van der Waals surface area contributed by atoms with Crippen LogP contribution in [0, 0.1) is 5.41 Å². The summed E-state index contributed by atoms with van der Waals surface area (Å²) in [7, 11) is 0.0780. The van der Waals surface area contributed by atoms with Gasteiger partial charge in [0, 0.05) is 11.3 Å². The van der Waals surface area contributed by atoms with Crippen LogP contribution in [0.5, 0.6) is 0 Å². The van der Waals surface area contributed by atoms with Crippen LogP contribution in [0.3, 0.4) is 0 Å². The van der Waals surface area contributed by atoms with E-state index in [2.05, 4.69) is 52.1 Å². The summed E-state index contributed by atoms with van der Waals surface area (Å²) < 4.78 is 3.79. The SMILES string of the molecule is C=S(NCCC(C)(C)C)C(C)(C)C. The zero-order valence-corrected chi connectivity index (χ0v) is 10.8. The van der Waals surface area contributed by atoms with Gasteiger partial charge in [0.25, 0.3) is 0 Å². The van der Waals surface area contributed by atoms with Gasteiger partial charge in [0.15, 0.2) is 0 Å². The van der Waals surface area contributed by atoms with E-state index < -0.39 is 0 Å². The van der Waals surface area contributed by atoms with Gasteiger partial charge in [0.2, 0.25) is 0 Å². The number of hydrogen-bond donors (Lipinski definition) is 1. The van der Waals surface area contributed by atoms with Crippen molar-refractivity contribution in [2.75, 3.05) is 6.54 Å². The van der Waals surface area contributed by atoms with Gasteiger partial charge in [-0.25, -0.2) is 0 Å². The molecule has 0 amide bonds. The van der Waals surface area contributed by atoms with Crippen molar-refractivity contribution in [3.05, 3.63) is 0 Å². The average Bonchev–Trinajstić information content (AvgIpc) is 1.82. The fourth-order valence-corrected chi connectivity index (χ4v) is 1.55. The largest absolute Gasteiger partial charge is 0.270 e. The summed E-state index contributed by atoms with van der Waals surface area (Å²) in [4.78, 5) is 0. The molecule has 0 heterocycles. The molecule has 0 aliphatic heterocycles. The van der Waals surface area contributed by atoms with Gasteiger partial charge in [-0.05, 0) is 11.8 Å². The van der Waals surface area contributed by atoms with E-state index >= 15 is 0 Å². The van der Waals surface area contributed by atoms with Crippen molar-refractivity contribution in [3.8, 4) is 0 Å². The van der Waals surface area contributed by atoms with Gasteiger partial charge in [-0.2, -0.15) is 0 Å². The van der Waals surface area contributed by atoms with Crippen LogP contribution in [0.2, 0.25) is 0 Å². The Bertz CT molecular complexity index is 172. The molecule has 0 fully saturated rings. The molecule has 0 aromatic carbocycles. The van der Waals surface area contributed by atoms with Crippen LogP contribution in [0.25, 0.3) is 0 Å². The van der Waals surface area contributed by atoms with Gasteiger partial charge in [0.1, 0.15) is 0 Å². The first kappa shape index (κ1) is 13.2. The van der Waals surface area contributed by atoms with Crippen molar-refractivity contribution in [1.82, 2.24) is 4.72 Å². The van der Waals surface area contributed by atoms with Gasteiger partial charge < -0.3 is 0 Å². The maximum atomic E-state index is 4.15. The van der Waals surface area contributed by atoms with E-state index in [0.29, 0.717) is 5.41 Å². The van der Waals surface area contributed by atoms with E-state index in [0.717, 1.165) is 6.54 Å². The van der Waals surface area contributed by atoms with Crippen molar-refractivity contribution < 1.29 is 0 Å². The minimum atomic E-state index is 0.0780. The minimum Gasteiger partial charge on any atom is -0.270 e. The van der Waals surface area contributed by atoms with E-state index in [1.54, 1.807) is 0 Å². The molecule has 80 valence electrons. The molecule has 1 nitrogen and oxygen atoms in total. The third-order valence-corrected chi connectivity index (χ3v) is 3.92. The molecule has 1 atom stereocenters. The van der Waals surface area contributed by atoms with Crippen molar-refractivity contribution in [2.24, 2.45) is 5.41 Å². The second-order valence-electron chi connectivity index (χ2n) is 5.71. The van der Waals surface area contributed by atoms with E-state index in [9.17, 15) is 0 Å². The molecule has 0 rings (SSSR count). The molecule has 0 saturated heterocycles. The van der Waals surface area contributed by atoms with Crippen molar-refractivity contribution in [1.29, 1.82) is 0 Å². The molecule has 0 aliphatic rings. The number of hydrogen-bond acceptors (Lipinski definition) is 1. The molecule has 0 spiro atoms. The quantitative estimate of drug-likeness (QED) is 0.693. The first-order chi connectivity index (χ1) is 5.63. The summed E-state index contributed by atoms with van der Waals surface area (Å²) in [6.45, 7) is 14.6. The van der Waals surface area contributed by atoms with Crippen LogP contribution in [-0.4, -0.2) is 17.2 Å². The zero-order chi connectivity index (χ0) is 10.7. The zero-order valence-electron chi connectivity index (χ0n) is 10.0. The first-order valence-electron chi connectivity index (χ1n) is 4.90. The Morgan fingerprint density at radius 3 is 1.85 bits per heavy atom. The van der Waals surface area contributed by atoms with Gasteiger partial charge >= 0.3 is 0 Å². The minimum absolute atomic E-state index is 0.0780. The highest BCUT2D eigenvalue weighted by atomic mass is 32.2. The molecule has 0 radical (unpaired) electrons. The summed E-state index contributed by atoms with van der Waals surface area (Å²) in [5, 5.41) is 0. The normalized spacial score (nSPS) is 15.8. The van der Waals surface area contributed by atoms with Crippen LogP contribution in [0.1, 0.15) is 48.0 Å². The van der Waals surface area contributed by atoms with E-state index in [1.807, 2.05) is 0 Å². The smallest absolute Gasteiger partial charge is 0.0151 e. The maximum absolute atomic E-state index is 4.15. The lowest BCUT2D eigenvalue weighted by Gasteiger charge is -2.26. The Balaban J connectivity index is 3.74. The third-order valence-electron chi connectivity index (χ3n) is 1.89. The summed E-state index contributed by atoms with van der Waals surface area (Å²) in [6.07, 6.45) is 1.21. The predicted molar refractivity (Wildman–Crippen MR) is 66.5 cm³/mol. The van der Waals surface area contributed by atoms with Crippen LogP contribution < -0.4 is 4.72 Å². The van der Waals surface area contributed by atoms with E-state index in [4.69, 9.17) is 0 Å². The molecular formula is C11H25NS. The highest BCUT2D eigenvalue weighted by molar-refractivity contribution is 8.13. The molecule has 1 N–H and O–H groups in total. The highest BCUT2D eigenvalue weighted by Crippen LogP contribution is 2.26. The van der Waals surface area contributed by atoms with Gasteiger partial charge in [-0.15, -0.1) is 10.7 Å². The Morgan fingerprint density at radius 1 is 1.08 bits per heavy atom. The van der Waals surface area contributed by atoms with Gasteiger partial charge in [-0.3, -0.25) is 4.72 Å². The summed E-state index contributed by atoms with van der Waals surface area (Å²) in [5.41, 5.74) is 0.426. The van der Waals surface area contributed by atoms with Crippen molar-refractivity contribution in [3.63, 3.8) is 0 Å². The lowest BCUT2D eigenvalue weighted by molar-refractivity contribution is 0.380. The lowest BCUT2D eigenvalue weighted by atomic mass is 9.93. The molecule has 13 heavy (non-hydrogen) atoms. The van der Waals surface area contributed by atoms with Crippen molar-refractivity contribution >= 4 is 16.5 Å². The van der Waals surface area contributed by atoms with Crippen LogP contribution >= 0.6 is 10.7 Å². The fourth-order valence-electron chi connectivity index (χ4n) is 0.766. The molecule has 0 bridgehead atoms. The standard InChI is InChI=1S/C11H25NS/c1-10(2,3)8-9-12-13(7)11(4,5)6/h12H,7-9H2,1-6H3. The Hall–Kier alpha value is 0.180. The Morgan fingerprint density at radius 2 is 1.54 bits per heavy atom. The topological polar surface area (TPSA) is 12.0 Å². The molecule has 0 aliphatic carbocycles. The van der Waals surface area contributed by atoms with E-state index in [1.165, 1.54) is 6.42 Å². The Kier molecular flexibility index (Phi) is 4.67. The van der Waals surface area contributed by atoms with Crippen LogP contribution in [0.4, 0.5) is 0 Å². The first-order valence-corrected chi connectivity index (χ1v) is 6.30. The van der Waals surface area contributed by atoms with Crippen LogP contribution in [0.15, 0.2) is 0 Å². The Labute approximate surface area is 86.4 Å². The van der Waals surface area contributed by atoms with Crippen molar-refractivity contribution in [2.45, 2.75) is 52.7 Å². The molecule has 2 heteroatoms. The molecule has 1 unspecified atom stereocenters. The fraction of sp³-hybridized carbons (Fsp3) is 0.909. The van der Waals surface area contributed by atoms with E-state index in [-0.39, 0.29) is 15.4 Å². The highest BCUT2D eigenvalue weighted by Gasteiger charge is 2.14. The lowest BCUT2D eigenvalue weighted by Crippen LogP contribution is -2.23. The summed E-state index contributed by atoms with van der Waals surface area (Å²) in [5.74, 6) is 4.15. The third kappa shape index (κ3) is 7.27. The monoisotopic (exact) mass is 203 g/mol. The number of rotatable bonds is 3. The van der Waals surface area contributed by atoms with Gasteiger partial charge in [0.05, 0.1) is 0 Å².